The van der Waals surface area contributed by atoms with Crippen LogP contribution >= 0.6 is 11.8 Å². The summed E-state index contributed by atoms with van der Waals surface area (Å²) in [6, 6.07) is 10.3. The predicted molar refractivity (Wildman–Crippen MR) is 92.4 cm³/mol. The third-order valence-corrected chi connectivity index (χ3v) is 4.28. The van der Waals surface area contributed by atoms with Gasteiger partial charge in [-0.15, -0.1) is 10.2 Å². The highest BCUT2D eigenvalue weighted by molar-refractivity contribution is 8.00. The SMILES string of the molecule is CC(=O)c1ccccc1NC(=O)[C@@H](C)Sc1nnc(-c2ccco2)o1. The molecule has 8 heteroatoms. The second-order valence-corrected chi connectivity index (χ2v) is 6.49. The van der Waals surface area contributed by atoms with Crippen LogP contribution in [0.4, 0.5) is 5.69 Å². The normalized spacial score (nSPS) is 11.9. The van der Waals surface area contributed by atoms with E-state index in [1.807, 2.05) is 0 Å². The van der Waals surface area contributed by atoms with Gasteiger partial charge in [0.2, 0.25) is 5.91 Å². The fourth-order valence-electron chi connectivity index (χ4n) is 2.10. The number of thioether (sulfide) groups is 1. The maximum absolute atomic E-state index is 12.4. The van der Waals surface area contributed by atoms with Gasteiger partial charge in [0.15, 0.2) is 11.5 Å². The molecule has 0 bridgehead atoms. The molecule has 1 atom stereocenters. The average molecular weight is 357 g/mol. The number of ketones is 1. The van der Waals surface area contributed by atoms with E-state index in [2.05, 4.69) is 15.5 Å². The number of nitrogens with one attached hydrogen (secondary N) is 1. The van der Waals surface area contributed by atoms with Crippen molar-refractivity contribution in [2.45, 2.75) is 24.3 Å². The van der Waals surface area contributed by atoms with Crippen LogP contribution in [-0.4, -0.2) is 27.1 Å². The molecule has 1 amide bonds. The number of Topliss-reactive ketones (excluding diaryl/α,β-unsaturated/α-hetero) is 1. The van der Waals surface area contributed by atoms with Crippen molar-refractivity contribution in [3.05, 3.63) is 48.2 Å². The van der Waals surface area contributed by atoms with Crippen molar-refractivity contribution in [2.24, 2.45) is 0 Å². The number of anilines is 1. The second-order valence-electron chi connectivity index (χ2n) is 5.20. The monoisotopic (exact) mass is 357 g/mol. The highest BCUT2D eigenvalue weighted by Crippen LogP contribution is 2.27. The first-order valence-corrected chi connectivity index (χ1v) is 8.37. The van der Waals surface area contributed by atoms with Gasteiger partial charge in [-0.05, 0) is 38.1 Å². The Bertz CT molecular complexity index is 889. The summed E-state index contributed by atoms with van der Waals surface area (Å²) in [5.41, 5.74) is 0.945. The molecule has 0 aliphatic carbocycles. The standard InChI is InChI=1S/C17H15N3O4S/c1-10(21)12-6-3-4-7-13(12)18-15(22)11(2)25-17-20-19-16(24-17)14-8-5-9-23-14/h3-9,11H,1-2H3,(H,18,22)/t11-/m1/s1. The first-order valence-electron chi connectivity index (χ1n) is 7.49. The van der Waals surface area contributed by atoms with Gasteiger partial charge < -0.3 is 14.2 Å². The van der Waals surface area contributed by atoms with Crippen LogP contribution in [-0.2, 0) is 4.79 Å². The van der Waals surface area contributed by atoms with Crippen LogP contribution in [0.2, 0.25) is 0 Å². The van der Waals surface area contributed by atoms with Gasteiger partial charge in [0.25, 0.3) is 11.1 Å². The van der Waals surface area contributed by atoms with E-state index in [0.717, 1.165) is 11.8 Å². The van der Waals surface area contributed by atoms with Crippen LogP contribution < -0.4 is 5.32 Å². The molecular weight excluding hydrogens is 342 g/mol. The number of nitrogens with zero attached hydrogens (tertiary/aromatic N) is 2. The first kappa shape index (κ1) is 17.0. The smallest absolute Gasteiger partial charge is 0.284 e. The minimum Gasteiger partial charge on any atom is -0.459 e. The number of furan rings is 1. The zero-order chi connectivity index (χ0) is 17.8. The molecule has 25 heavy (non-hydrogen) atoms. The Balaban J connectivity index is 1.66. The van der Waals surface area contributed by atoms with Crippen LogP contribution in [0.1, 0.15) is 24.2 Å². The average Bonchev–Trinajstić information content (AvgIpc) is 3.26. The van der Waals surface area contributed by atoms with Gasteiger partial charge >= 0.3 is 0 Å². The minimum absolute atomic E-state index is 0.115. The molecule has 7 nitrogen and oxygen atoms in total. The Labute approximate surface area is 147 Å². The molecule has 3 rings (SSSR count). The lowest BCUT2D eigenvalue weighted by atomic mass is 10.1. The summed E-state index contributed by atoms with van der Waals surface area (Å²) in [5.74, 6) is 0.335. The quantitative estimate of drug-likeness (QED) is 0.531. The van der Waals surface area contributed by atoms with E-state index >= 15 is 0 Å². The number of aromatic nitrogens is 2. The van der Waals surface area contributed by atoms with Crippen LogP contribution in [0.25, 0.3) is 11.7 Å². The Kier molecular flexibility index (Phi) is 4.99. The van der Waals surface area contributed by atoms with Crippen molar-refractivity contribution < 1.29 is 18.4 Å². The topological polar surface area (TPSA) is 98.2 Å². The van der Waals surface area contributed by atoms with Crippen molar-refractivity contribution in [2.75, 3.05) is 5.32 Å². The van der Waals surface area contributed by atoms with Crippen LogP contribution in [0.15, 0.2) is 56.7 Å². The molecule has 0 aliphatic heterocycles. The molecule has 0 radical (unpaired) electrons. The maximum Gasteiger partial charge on any atom is 0.284 e. The number of para-hydroxylation sites is 1. The molecule has 1 N–H and O–H groups in total. The summed E-state index contributed by atoms with van der Waals surface area (Å²) < 4.78 is 10.7. The van der Waals surface area contributed by atoms with E-state index in [0.29, 0.717) is 17.0 Å². The third-order valence-electron chi connectivity index (χ3n) is 3.35. The minimum atomic E-state index is -0.495. The fraction of sp³-hybridized carbons (Fsp3) is 0.176. The highest BCUT2D eigenvalue weighted by Gasteiger charge is 2.20. The maximum atomic E-state index is 12.4. The summed E-state index contributed by atoms with van der Waals surface area (Å²) in [6.45, 7) is 3.17. The molecule has 2 heterocycles. The van der Waals surface area contributed by atoms with Gasteiger partial charge in [-0.3, -0.25) is 9.59 Å². The van der Waals surface area contributed by atoms with Gasteiger partial charge in [0.05, 0.1) is 17.2 Å². The molecule has 0 spiro atoms. The van der Waals surface area contributed by atoms with Crippen molar-refractivity contribution in [1.29, 1.82) is 0 Å². The third kappa shape index (κ3) is 3.97. The molecule has 0 fully saturated rings. The van der Waals surface area contributed by atoms with Crippen LogP contribution in [0.5, 0.6) is 0 Å². The Hall–Kier alpha value is -2.87. The summed E-state index contributed by atoms with van der Waals surface area (Å²) >= 11 is 1.12. The lowest BCUT2D eigenvalue weighted by Crippen LogP contribution is -2.23. The van der Waals surface area contributed by atoms with Crippen molar-refractivity contribution >= 4 is 29.1 Å². The number of rotatable bonds is 6. The van der Waals surface area contributed by atoms with E-state index in [-0.39, 0.29) is 22.8 Å². The van der Waals surface area contributed by atoms with Crippen LogP contribution in [0, 0.1) is 0 Å². The van der Waals surface area contributed by atoms with Gasteiger partial charge in [-0.1, -0.05) is 23.9 Å². The summed E-state index contributed by atoms with van der Waals surface area (Å²) in [6.07, 6.45) is 1.51. The zero-order valence-electron chi connectivity index (χ0n) is 13.6. The van der Waals surface area contributed by atoms with E-state index in [4.69, 9.17) is 8.83 Å². The zero-order valence-corrected chi connectivity index (χ0v) is 14.4. The molecular formula is C17H15N3O4S. The van der Waals surface area contributed by atoms with E-state index in [1.54, 1.807) is 43.3 Å². The molecule has 128 valence electrons. The number of hydrogen-bond donors (Lipinski definition) is 1. The van der Waals surface area contributed by atoms with Gasteiger partial charge in [0.1, 0.15) is 0 Å². The van der Waals surface area contributed by atoms with Crippen molar-refractivity contribution in [1.82, 2.24) is 10.2 Å². The predicted octanol–water partition coefficient (Wildman–Crippen LogP) is 3.65. The molecule has 3 aromatic rings. The summed E-state index contributed by atoms with van der Waals surface area (Å²) in [5, 5.41) is 10.3. The second kappa shape index (κ2) is 7.35. The van der Waals surface area contributed by atoms with E-state index in [1.165, 1.54) is 13.2 Å². The molecule has 0 saturated carbocycles. The lowest BCUT2D eigenvalue weighted by molar-refractivity contribution is -0.115. The summed E-state index contributed by atoms with van der Waals surface area (Å²) in [4.78, 5) is 24.0. The number of amides is 1. The molecule has 0 aliphatic rings. The Morgan fingerprint density at radius 1 is 1.16 bits per heavy atom. The van der Waals surface area contributed by atoms with Gasteiger partial charge in [0, 0.05) is 5.56 Å². The first-order chi connectivity index (χ1) is 12.0. The molecule has 2 aromatic heterocycles. The Morgan fingerprint density at radius 2 is 1.96 bits per heavy atom. The van der Waals surface area contributed by atoms with Crippen molar-refractivity contribution in [3.8, 4) is 11.7 Å². The van der Waals surface area contributed by atoms with Crippen LogP contribution in [0.3, 0.4) is 0 Å². The molecule has 0 saturated heterocycles. The molecule has 1 aromatic carbocycles. The van der Waals surface area contributed by atoms with Gasteiger partial charge in [-0.2, -0.15) is 0 Å². The number of carbonyl (C=O) groups excluding carboxylic acids is 2. The number of carbonyl (C=O) groups is 2. The lowest BCUT2D eigenvalue weighted by Gasteiger charge is -2.12. The Morgan fingerprint density at radius 3 is 2.68 bits per heavy atom. The van der Waals surface area contributed by atoms with E-state index in [9.17, 15) is 9.59 Å². The van der Waals surface area contributed by atoms with Gasteiger partial charge in [-0.25, -0.2) is 0 Å². The van der Waals surface area contributed by atoms with Crippen molar-refractivity contribution in [3.63, 3.8) is 0 Å². The van der Waals surface area contributed by atoms with E-state index < -0.39 is 5.25 Å². The number of hydrogen-bond acceptors (Lipinski definition) is 7. The summed E-state index contributed by atoms with van der Waals surface area (Å²) in [7, 11) is 0. The highest BCUT2D eigenvalue weighted by atomic mass is 32.2. The fourth-order valence-corrected chi connectivity index (χ4v) is 2.78. The largest absolute Gasteiger partial charge is 0.459 e. The number of benzene rings is 1. The molecule has 0 unspecified atom stereocenters.